The molecule has 0 spiro atoms. The van der Waals surface area contributed by atoms with Crippen molar-refractivity contribution in [2.45, 2.75) is 19.3 Å². The molecule has 1 aliphatic carbocycles. The van der Waals surface area contributed by atoms with Gasteiger partial charge in [-0.15, -0.1) is 0 Å². The van der Waals surface area contributed by atoms with Crippen LogP contribution in [0.15, 0.2) is 42.7 Å². The Bertz CT molecular complexity index is 774. The number of aromatic nitrogens is 2. The van der Waals surface area contributed by atoms with E-state index in [1.165, 1.54) is 5.56 Å². The van der Waals surface area contributed by atoms with Gasteiger partial charge < -0.3 is 0 Å². The zero-order valence-electron chi connectivity index (χ0n) is 10.4. The van der Waals surface area contributed by atoms with Crippen molar-refractivity contribution in [3.05, 3.63) is 59.7 Å². The monoisotopic (exact) mass is 252 g/mol. The van der Waals surface area contributed by atoms with E-state index >= 15 is 0 Å². The van der Waals surface area contributed by atoms with E-state index in [-0.39, 0.29) is 5.82 Å². The first kappa shape index (κ1) is 10.7. The van der Waals surface area contributed by atoms with Crippen LogP contribution in [-0.2, 0) is 12.8 Å². The summed E-state index contributed by atoms with van der Waals surface area (Å²) in [6, 6.07) is 9.64. The Morgan fingerprint density at radius 1 is 1.05 bits per heavy atom. The van der Waals surface area contributed by atoms with E-state index in [4.69, 9.17) is 0 Å². The Hall–Kier alpha value is -2.16. The molecule has 19 heavy (non-hydrogen) atoms. The lowest BCUT2D eigenvalue weighted by Gasteiger charge is -2.10. The second-order valence-corrected chi connectivity index (χ2v) is 5.02. The Morgan fingerprint density at radius 2 is 1.95 bits per heavy atom. The summed E-state index contributed by atoms with van der Waals surface area (Å²) in [6.07, 6.45) is 6.64. The van der Waals surface area contributed by atoms with Gasteiger partial charge in [0.2, 0.25) is 0 Å². The topological polar surface area (TPSA) is 17.3 Å². The molecule has 1 aromatic carbocycles. The van der Waals surface area contributed by atoms with Crippen molar-refractivity contribution in [2.24, 2.45) is 0 Å². The summed E-state index contributed by atoms with van der Waals surface area (Å²) in [5.41, 5.74) is 5.46. The number of nitrogens with zero attached hydrogens (tertiary/aromatic N) is 2. The Labute approximate surface area is 110 Å². The van der Waals surface area contributed by atoms with Crippen LogP contribution in [0, 0.1) is 5.82 Å². The fourth-order valence-corrected chi connectivity index (χ4v) is 3.02. The van der Waals surface area contributed by atoms with Crippen LogP contribution in [0.2, 0.25) is 0 Å². The molecule has 0 atom stereocenters. The van der Waals surface area contributed by atoms with E-state index in [2.05, 4.69) is 11.2 Å². The van der Waals surface area contributed by atoms with Crippen LogP contribution in [0.4, 0.5) is 4.39 Å². The Balaban J connectivity index is 1.94. The van der Waals surface area contributed by atoms with Crippen LogP contribution in [0.3, 0.4) is 0 Å². The predicted molar refractivity (Wildman–Crippen MR) is 72.6 cm³/mol. The minimum atomic E-state index is -0.0540. The average molecular weight is 252 g/mol. The van der Waals surface area contributed by atoms with Crippen molar-refractivity contribution in [3.63, 3.8) is 0 Å². The second-order valence-electron chi connectivity index (χ2n) is 5.02. The summed E-state index contributed by atoms with van der Waals surface area (Å²) >= 11 is 0. The number of hydrogen-bond donors (Lipinski definition) is 0. The smallest absolute Gasteiger partial charge is 0.126 e. The molecule has 0 unspecified atom stereocenters. The first-order valence-electron chi connectivity index (χ1n) is 6.57. The maximum absolute atomic E-state index is 13.8. The molecule has 3 aromatic rings. The van der Waals surface area contributed by atoms with Crippen LogP contribution in [0.25, 0.3) is 16.6 Å². The number of benzene rings is 1. The van der Waals surface area contributed by atoms with Gasteiger partial charge in [0.25, 0.3) is 0 Å². The number of halogens is 1. The highest BCUT2D eigenvalue weighted by atomic mass is 19.1. The maximum Gasteiger partial charge on any atom is 0.126 e. The summed E-state index contributed by atoms with van der Waals surface area (Å²) in [5.74, 6) is -0.0540. The van der Waals surface area contributed by atoms with E-state index in [1.807, 2.05) is 28.9 Å². The molecule has 3 heteroatoms. The van der Waals surface area contributed by atoms with Crippen LogP contribution in [-0.4, -0.2) is 9.61 Å². The summed E-state index contributed by atoms with van der Waals surface area (Å²) < 4.78 is 15.6. The van der Waals surface area contributed by atoms with Gasteiger partial charge in [-0.05, 0) is 65.8 Å². The van der Waals surface area contributed by atoms with E-state index in [9.17, 15) is 4.39 Å². The molecule has 2 heterocycles. The van der Waals surface area contributed by atoms with Crippen LogP contribution in [0.1, 0.15) is 17.5 Å². The third kappa shape index (κ3) is 1.58. The average Bonchev–Trinajstić information content (AvgIpc) is 3.07. The minimum Gasteiger partial charge on any atom is -0.241 e. The van der Waals surface area contributed by atoms with Gasteiger partial charge in [0.1, 0.15) is 5.82 Å². The quantitative estimate of drug-likeness (QED) is 0.646. The number of rotatable bonds is 1. The third-order valence-corrected chi connectivity index (χ3v) is 3.94. The van der Waals surface area contributed by atoms with Gasteiger partial charge >= 0.3 is 0 Å². The SMILES string of the molecule is Fc1ccc(-c2ccn3nccc3c2)c2c1CCC2. The molecule has 0 N–H and O–H groups in total. The summed E-state index contributed by atoms with van der Waals surface area (Å²) in [4.78, 5) is 0. The lowest BCUT2D eigenvalue weighted by atomic mass is 9.97. The van der Waals surface area contributed by atoms with Gasteiger partial charge in [-0.25, -0.2) is 8.91 Å². The van der Waals surface area contributed by atoms with Crippen LogP contribution in [0.5, 0.6) is 0 Å². The standard InChI is InChI=1S/C16H13FN2/c17-16-5-4-13(14-2-1-3-15(14)16)11-7-9-19-12(10-11)6-8-18-19/h4-10H,1-3H2. The lowest BCUT2D eigenvalue weighted by molar-refractivity contribution is 0.613. The molecule has 2 nitrogen and oxygen atoms in total. The van der Waals surface area contributed by atoms with Crippen molar-refractivity contribution in [2.75, 3.05) is 0 Å². The van der Waals surface area contributed by atoms with Crippen molar-refractivity contribution in [1.29, 1.82) is 0 Å². The van der Waals surface area contributed by atoms with Crippen molar-refractivity contribution in [1.82, 2.24) is 9.61 Å². The predicted octanol–water partition coefficient (Wildman–Crippen LogP) is 3.63. The number of pyridine rings is 1. The summed E-state index contributed by atoms with van der Waals surface area (Å²) in [5, 5.41) is 4.20. The molecule has 0 bridgehead atoms. The van der Waals surface area contributed by atoms with Crippen molar-refractivity contribution < 1.29 is 4.39 Å². The molecule has 0 saturated heterocycles. The minimum absolute atomic E-state index is 0.0540. The summed E-state index contributed by atoms with van der Waals surface area (Å²) in [6.45, 7) is 0. The fraction of sp³-hybridized carbons (Fsp3) is 0.188. The van der Waals surface area contributed by atoms with Gasteiger partial charge in [0.05, 0.1) is 5.52 Å². The molecule has 0 saturated carbocycles. The van der Waals surface area contributed by atoms with Gasteiger partial charge in [0, 0.05) is 12.4 Å². The van der Waals surface area contributed by atoms with Crippen LogP contribution >= 0.6 is 0 Å². The third-order valence-electron chi connectivity index (χ3n) is 3.94. The van der Waals surface area contributed by atoms with E-state index < -0.39 is 0 Å². The molecule has 0 fully saturated rings. The zero-order chi connectivity index (χ0) is 12.8. The van der Waals surface area contributed by atoms with Gasteiger partial charge in [-0.1, -0.05) is 6.07 Å². The normalized spacial score (nSPS) is 13.9. The molecule has 0 radical (unpaired) electrons. The van der Waals surface area contributed by atoms with E-state index in [0.29, 0.717) is 0 Å². The van der Waals surface area contributed by atoms with E-state index in [0.717, 1.165) is 41.5 Å². The largest absolute Gasteiger partial charge is 0.241 e. The highest BCUT2D eigenvalue weighted by Gasteiger charge is 2.19. The molecule has 4 rings (SSSR count). The fourth-order valence-electron chi connectivity index (χ4n) is 3.02. The lowest BCUT2D eigenvalue weighted by Crippen LogP contribution is -1.94. The zero-order valence-corrected chi connectivity index (χ0v) is 10.4. The number of hydrogen-bond acceptors (Lipinski definition) is 1. The van der Waals surface area contributed by atoms with Crippen molar-refractivity contribution >= 4 is 5.52 Å². The first-order valence-corrected chi connectivity index (χ1v) is 6.57. The number of fused-ring (bicyclic) bond motifs is 2. The molecule has 0 aliphatic heterocycles. The van der Waals surface area contributed by atoms with Gasteiger partial charge in [-0.3, -0.25) is 0 Å². The first-order chi connectivity index (χ1) is 9.33. The summed E-state index contributed by atoms with van der Waals surface area (Å²) in [7, 11) is 0. The molecular formula is C16H13FN2. The van der Waals surface area contributed by atoms with Gasteiger partial charge in [0.15, 0.2) is 0 Å². The molecule has 94 valence electrons. The van der Waals surface area contributed by atoms with Gasteiger partial charge in [-0.2, -0.15) is 5.10 Å². The Morgan fingerprint density at radius 3 is 2.89 bits per heavy atom. The second kappa shape index (κ2) is 3.92. The van der Waals surface area contributed by atoms with Crippen molar-refractivity contribution in [3.8, 4) is 11.1 Å². The van der Waals surface area contributed by atoms with Crippen LogP contribution < -0.4 is 0 Å². The molecule has 2 aromatic heterocycles. The molecule has 1 aliphatic rings. The van der Waals surface area contributed by atoms with E-state index in [1.54, 1.807) is 12.3 Å². The maximum atomic E-state index is 13.8. The Kier molecular flexibility index (Phi) is 2.21. The highest BCUT2D eigenvalue weighted by molar-refractivity contribution is 5.73. The highest BCUT2D eigenvalue weighted by Crippen LogP contribution is 2.34. The molecule has 0 amide bonds. The molecular weight excluding hydrogens is 239 g/mol.